The molecule has 0 spiro atoms. The minimum atomic E-state index is -0.614. The van der Waals surface area contributed by atoms with Gasteiger partial charge in [0.2, 0.25) is 11.8 Å². The van der Waals surface area contributed by atoms with Crippen LogP contribution in [0.4, 0.5) is 0 Å². The molecule has 1 N–H and O–H groups in total. The van der Waals surface area contributed by atoms with Gasteiger partial charge < -0.3 is 10.2 Å². The zero-order valence-corrected chi connectivity index (χ0v) is 23.5. The molecule has 0 heterocycles. The predicted molar refractivity (Wildman–Crippen MR) is 149 cm³/mol. The Kier molecular flexibility index (Phi) is 11.4. The average Bonchev–Trinajstić information content (AvgIpc) is 2.82. The Bertz CT molecular complexity index is 1010. The van der Waals surface area contributed by atoms with Gasteiger partial charge in [-0.1, -0.05) is 84.7 Å². The minimum Gasteiger partial charge on any atom is -0.352 e. The second-order valence-electron chi connectivity index (χ2n) is 8.72. The molecule has 1 unspecified atom stereocenters. The molecule has 1 fully saturated rings. The van der Waals surface area contributed by atoms with E-state index in [9.17, 15) is 9.59 Å². The summed E-state index contributed by atoms with van der Waals surface area (Å²) in [6, 6.07) is 10.1. The highest BCUT2D eigenvalue weighted by Crippen LogP contribution is 2.29. The van der Waals surface area contributed by atoms with Crippen LogP contribution >= 0.6 is 58.2 Å². The molecule has 1 atom stereocenters. The molecule has 1 saturated carbocycles. The Morgan fingerprint density at radius 2 is 1.71 bits per heavy atom. The van der Waals surface area contributed by atoms with Gasteiger partial charge in [0.05, 0.1) is 5.75 Å². The van der Waals surface area contributed by atoms with Gasteiger partial charge >= 0.3 is 0 Å². The van der Waals surface area contributed by atoms with Gasteiger partial charge in [0.15, 0.2) is 0 Å². The number of hydrogen-bond acceptors (Lipinski definition) is 3. The van der Waals surface area contributed by atoms with E-state index in [2.05, 4.69) is 5.32 Å². The van der Waals surface area contributed by atoms with Gasteiger partial charge in [0.1, 0.15) is 6.04 Å². The number of benzene rings is 2. The molecular weight excluding hydrogens is 546 g/mol. The Balaban J connectivity index is 1.76. The number of rotatable bonds is 10. The Morgan fingerprint density at radius 3 is 2.34 bits per heavy atom. The van der Waals surface area contributed by atoms with Crippen molar-refractivity contribution in [3.8, 4) is 0 Å². The van der Waals surface area contributed by atoms with E-state index in [0.717, 1.165) is 31.2 Å². The van der Waals surface area contributed by atoms with Gasteiger partial charge in [0.25, 0.3) is 0 Å². The van der Waals surface area contributed by atoms with Crippen molar-refractivity contribution in [2.45, 2.75) is 69.8 Å². The molecular formula is C26H30Cl4N2O2S. The first kappa shape index (κ1) is 28.5. The van der Waals surface area contributed by atoms with Crippen LogP contribution in [0.2, 0.25) is 20.1 Å². The average molecular weight is 576 g/mol. The zero-order chi connectivity index (χ0) is 25.4. The fourth-order valence-corrected chi connectivity index (χ4v) is 6.27. The lowest BCUT2D eigenvalue weighted by Gasteiger charge is -2.33. The van der Waals surface area contributed by atoms with Gasteiger partial charge in [-0.3, -0.25) is 9.59 Å². The Labute approximate surface area is 232 Å². The van der Waals surface area contributed by atoms with Gasteiger partial charge in [0, 0.05) is 44.0 Å². The molecule has 2 aromatic rings. The summed E-state index contributed by atoms with van der Waals surface area (Å²) >= 11 is 26.6. The van der Waals surface area contributed by atoms with Gasteiger partial charge in [-0.05, 0) is 49.1 Å². The molecule has 0 aromatic heterocycles. The number of thioether (sulfide) groups is 1. The third kappa shape index (κ3) is 8.19. The van der Waals surface area contributed by atoms with E-state index in [-0.39, 0.29) is 30.2 Å². The molecule has 0 saturated heterocycles. The summed E-state index contributed by atoms with van der Waals surface area (Å²) in [5.41, 5.74) is 1.54. The number of halogens is 4. The first-order valence-corrected chi connectivity index (χ1v) is 14.5. The fourth-order valence-electron chi connectivity index (χ4n) is 4.29. The molecule has 2 amide bonds. The zero-order valence-electron chi connectivity index (χ0n) is 19.7. The molecule has 2 aromatic carbocycles. The highest BCUT2D eigenvalue weighted by molar-refractivity contribution is 7.99. The van der Waals surface area contributed by atoms with Gasteiger partial charge in [-0.25, -0.2) is 0 Å². The lowest BCUT2D eigenvalue weighted by molar-refractivity contribution is -0.139. The monoisotopic (exact) mass is 574 g/mol. The molecule has 35 heavy (non-hydrogen) atoms. The van der Waals surface area contributed by atoms with Crippen molar-refractivity contribution in [1.82, 2.24) is 10.2 Å². The van der Waals surface area contributed by atoms with Crippen molar-refractivity contribution in [1.29, 1.82) is 0 Å². The topological polar surface area (TPSA) is 49.4 Å². The normalized spacial score (nSPS) is 15.0. The molecule has 3 rings (SSSR count). The molecule has 190 valence electrons. The van der Waals surface area contributed by atoms with E-state index in [1.54, 1.807) is 35.2 Å². The summed E-state index contributed by atoms with van der Waals surface area (Å²) in [6.07, 6.45) is 5.87. The number of hydrogen-bond donors (Lipinski definition) is 1. The quantitative estimate of drug-likeness (QED) is 0.314. The predicted octanol–water partition coefficient (Wildman–Crippen LogP) is 7.79. The van der Waals surface area contributed by atoms with Gasteiger partial charge in [-0.2, -0.15) is 0 Å². The highest BCUT2D eigenvalue weighted by atomic mass is 35.5. The van der Waals surface area contributed by atoms with Crippen LogP contribution in [-0.2, 0) is 21.9 Å². The molecule has 0 bridgehead atoms. The molecule has 1 aliphatic rings. The fraction of sp³-hybridized carbons (Fsp3) is 0.462. The van der Waals surface area contributed by atoms with Crippen molar-refractivity contribution in [2.75, 3.05) is 5.75 Å². The first-order valence-electron chi connectivity index (χ1n) is 11.8. The van der Waals surface area contributed by atoms with Gasteiger partial charge in [-0.15, -0.1) is 11.8 Å². The van der Waals surface area contributed by atoms with Crippen LogP contribution < -0.4 is 5.32 Å². The number of carbonyl (C=O) groups is 2. The second-order valence-corrected chi connectivity index (χ2v) is 11.4. The summed E-state index contributed by atoms with van der Waals surface area (Å²) in [6.45, 7) is 2.08. The van der Waals surface area contributed by atoms with Crippen molar-refractivity contribution in [3.05, 3.63) is 67.6 Å². The van der Waals surface area contributed by atoms with Crippen LogP contribution in [-0.4, -0.2) is 34.6 Å². The first-order chi connectivity index (χ1) is 16.8. The summed E-state index contributed by atoms with van der Waals surface area (Å²) in [7, 11) is 0. The molecule has 0 aliphatic heterocycles. The molecule has 0 radical (unpaired) electrons. The third-order valence-electron chi connectivity index (χ3n) is 6.23. The Hall–Kier alpha value is -1.11. The molecule has 9 heteroatoms. The SMILES string of the molecule is CCC(C(=O)NC1CCCCC1)N(Cc1c(Cl)cccc1Cl)C(=O)CSCc1ccc(Cl)cc1Cl. The smallest absolute Gasteiger partial charge is 0.243 e. The van der Waals surface area contributed by atoms with E-state index in [1.165, 1.54) is 18.2 Å². The van der Waals surface area contributed by atoms with E-state index < -0.39 is 6.04 Å². The Morgan fingerprint density at radius 1 is 1.03 bits per heavy atom. The van der Waals surface area contributed by atoms with Crippen LogP contribution in [0.1, 0.15) is 56.6 Å². The largest absolute Gasteiger partial charge is 0.352 e. The standard InChI is InChI=1S/C26H30Cl4N2O2S/c1-2-24(26(34)31-19-7-4-3-5-8-19)32(14-20-21(28)9-6-10-22(20)29)25(33)16-35-15-17-11-12-18(27)13-23(17)30/h6,9-13,19,24H,2-5,7-8,14-16H2,1H3,(H,31,34). The molecule has 1 aliphatic carbocycles. The lowest BCUT2D eigenvalue weighted by Crippen LogP contribution is -2.52. The van der Waals surface area contributed by atoms with E-state index in [4.69, 9.17) is 46.4 Å². The van der Waals surface area contributed by atoms with Crippen LogP contribution in [0.5, 0.6) is 0 Å². The van der Waals surface area contributed by atoms with Crippen LogP contribution in [0, 0.1) is 0 Å². The van der Waals surface area contributed by atoms with Crippen molar-refractivity contribution < 1.29 is 9.59 Å². The molecule has 4 nitrogen and oxygen atoms in total. The summed E-state index contributed by atoms with van der Waals surface area (Å²) < 4.78 is 0. The third-order valence-corrected chi connectivity index (χ3v) is 8.49. The number of nitrogens with one attached hydrogen (secondary N) is 1. The van der Waals surface area contributed by atoms with E-state index >= 15 is 0 Å². The van der Waals surface area contributed by atoms with Crippen LogP contribution in [0.3, 0.4) is 0 Å². The van der Waals surface area contributed by atoms with Crippen molar-refractivity contribution >= 4 is 70.0 Å². The number of carbonyl (C=O) groups excluding carboxylic acids is 2. The maximum atomic E-state index is 13.5. The minimum absolute atomic E-state index is 0.123. The summed E-state index contributed by atoms with van der Waals surface area (Å²) in [5, 5.41) is 5.25. The summed E-state index contributed by atoms with van der Waals surface area (Å²) in [5.74, 6) is 0.463. The summed E-state index contributed by atoms with van der Waals surface area (Å²) in [4.78, 5) is 28.4. The number of nitrogens with zero attached hydrogens (tertiary/aromatic N) is 1. The van der Waals surface area contributed by atoms with Crippen molar-refractivity contribution in [2.24, 2.45) is 0 Å². The van der Waals surface area contributed by atoms with E-state index in [1.807, 2.05) is 13.0 Å². The van der Waals surface area contributed by atoms with Crippen LogP contribution in [0.15, 0.2) is 36.4 Å². The van der Waals surface area contributed by atoms with Crippen molar-refractivity contribution in [3.63, 3.8) is 0 Å². The highest BCUT2D eigenvalue weighted by Gasteiger charge is 2.31. The lowest BCUT2D eigenvalue weighted by atomic mass is 9.95. The number of amides is 2. The van der Waals surface area contributed by atoms with E-state index in [0.29, 0.717) is 37.8 Å². The maximum absolute atomic E-state index is 13.5. The maximum Gasteiger partial charge on any atom is 0.243 e. The second kappa shape index (κ2) is 14.0. The van der Waals surface area contributed by atoms with Crippen LogP contribution in [0.25, 0.3) is 0 Å².